The first-order valence-corrected chi connectivity index (χ1v) is 4.52. The maximum Gasteiger partial charge on any atom is 0.0953 e. The fourth-order valence-corrected chi connectivity index (χ4v) is 1.17. The zero-order chi connectivity index (χ0) is 9.84. The van der Waals surface area contributed by atoms with Gasteiger partial charge in [0.15, 0.2) is 0 Å². The van der Waals surface area contributed by atoms with E-state index in [1.165, 1.54) is 0 Å². The first-order chi connectivity index (χ1) is 6.15. The summed E-state index contributed by atoms with van der Waals surface area (Å²) in [6, 6.07) is 1.69. The summed E-state index contributed by atoms with van der Waals surface area (Å²) in [4.78, 5) is 4.04. The minimum atomic E-state index is -0.612. The Hall–Kier alpha value is -0.930. The van der Waals surface area contributed by atoms with Crippen LogP contribution in [0.2, 0.25) is 0 Å². The topological polar surface area (TPSA) is 59.1 Å². The summed E-state index contributed by atoms with van der Waals surface area (Å²) in [5.41, 5.74) is 7.50. The highest BCUT2D eigenvalue weighted by Gasteiger charge is 2.12. The number of aromatic nitrogens is 1. The fourth-order valence-electron chi connectivity index (χ4n) is 1.17. The molecule has 0 spiro atoms. The van der Waals surface area contributed by atoms with Crippen LogP contribution in [0.5, 0.6) is 0 Å². The number of rotatable bonds is 3. The second-order valence-corrected chi connectivity index (χ2v) is 3.28. The molecule has 0 amide bonds. The van der Waals surface area contributed by atoms with E-state index in [1.54, 1.807) is 19.3 Å². The van der Waals surface area contributed by atoms with E-state index in [0.717, 1.165) is 17.5 Å². The number of pyridine rings is 1. The lowest BCUT2D eigenvalue weighted by Gasteiger charge is -2.14. The van der Waals surface area contributed by atoms with Gasteiger partial charge in [-0.3, -0.25) is 4.98 Å². The van der Waals surface area contributed by atoms with E-state index in [-0.39, 0.29) is 6.04 Å². The predicted molar refractivity (Wildman–Crippen MR) is 52.2 cm³/mol. The van der Waals surface area contributed by atoms with Crippen LogP contribution in [0, 0.1) is 0 Å². The normalized spacial score (nSPS) is 15.4. The van der Waals surface area contributed by atoms with Crippen LogP contribution in [0.15, 0.2) is 18.5 Å². The lowest BCUT2D eigenvalue weighted by Crippen LogP contribution is -2.24. The first-order valence-electron chi connectivity index (χ1n) is 4.52. The minimum absolute atomic E-state index is 0.256. The Labute approximate surface area is 78.6 Å². The Morgan fingerprint density at radius 3 is 2.77 bits per heavy atom. The molecule has 1 aromatic rings. The van der Waals surface area contributed by atoms with Crippen molar-refractivity contribution in [2.24, 2.45) is 5.73 Å². The summed E-state index contributed by atoms with van der Waals surface area (Å²) < 4.78 is 0. The molecule has 1 heterocycles. The molecule has 1 aromatic heterocycles. The molecule has 0 aromatic carbocycles. The van der Waals surface area contributed by atoms with Crippen LogP contribution in [-0.2, 0) is 6.42 Å². The number of hydrogen-bond donors (Lipinski definition) is 2. The molecule has 2 unspecified atom stereocenters. The Morgan fingerprint density at radius 1 is 1.54 bits per heavy atom. The molecule has 0 radical (unpaired) electrons. The van der Waals surface area contributed by atoms with Crippen molar-refractivity contribution in [1.29, 1.82) is 0 Å². The molecule has 0 aliphatic heterocycles. The second-order valence-electron chi connectivity index (χ2n) is 3.28. The third kappa shape index (κ3) is 2.50. The molecular formula is C10H16N2O. The number of aryl methyl sites for hydroxylation is 1. The Balaban J connectivity index is 2.88. The molecule has 0 fully saturated rings. The summed E-state index contributed by atoms with van der Waals surface area (Å²) in [6.45, 7) is 3.84. The maximum absolute atomic E-state index is 9.65. The largest absolute Gasteiger partial charge is 0.387 e. The highest BCUT2D eigenvalue weighted by atomic mass is 16.3. The quantitative estimate of drug-likeness (QED) is 0.730. The van der Waals surface area contributed by atoms with Crippen molar-refractivity contribution in [2.75, 3.05) is 0 Å². The van der Waals surface area contributed by atoms with Crippen molar-refractivity contribution in [2.45, 2.75) is 32.4 Å². The molecule has 0 bridgehead atoms. The van der Waals surface area contributed by atoms with Gasteiger partial charge in [-0.25, -0.2) is 0 Å². The van der Waals surface area contributed by atoms with Crippen LogP contribution < -0.4 is 5.73 Å². The van der Waals surface area contributed by atoms with Crippen molar-refractivity contribution in [3.05, 3.63) is 29.6 Å². The van der Waals surface area contributed by atoms with Gasteiger partial charge >= 0.3 is 0 Å². The van der Waals surface area contributed by atoms with Gasteiger partial charge in [0.2, 0.25) is 0 Å². The molecule has 3 nitrogen and oxygen atoms in total. The number of aliphatic hydroxyl groups excluding tert-OH is 1. The van der Waals surface area contributed by atoms with E-state index >= 15 is 0 Å². The van der Waals surface area contributed by atoms with E-state index < -0.39 is 6.10 Å². The minimum Gasteiger partial charge on any atom is -0.387 e. The monoisotopic (exact) mass is 180 g/mol. The average molecular weight is 180 g/mol. The molecule has 2 atom stereocenters. The Kier molecular flexibility index (Phi) is 3.39. The first kappa shape index (κ1) is 10.2. The van der Waals surface area contributed by atoms with Gasteiger partial charge in [-0.15, -0.1) is 0 Å². The van der Waals surface area contributed by atoms with Gasteiger partial charge < -0.3 is 10.8 Å². The van der Waals surface area contributed by atoms with Crippen LogP contribution >= 0.6 is 0 Å². The maximum atomic E-state index is 9.65. The van der Waals surface area contributed by atoms with E-state index in [0.29, 0.717) is 0 Å². The van der Waals surface area contributed by atoms with Crippen molar-refractivity contribution in [3.63, 3.8) is 0 Å². The predicted octanol–water partition coefficient (Wildman–Crippen LogP) is 1.02. The molecule has 0 aliphatic carbocycles. The summed E-state index contributed by atoms with van der Waals surface area (Å²) in [5, 5.41) is 9.65. The molecule has 1 rings (SSSR count). The zero-order valence-electron chi connectivity index (χ0n) is 8.07. The molecular weight excluding hydrogens is 164 g/mol. The lowest BCUT2D eigenvalue weighted by molar-refractivity contribution is 0.153. The number of hydrogen-bond acceptors (Lipinski definition) is 3. The highest BCUT2D eigenvalue weighted by Crippen LogP contribution is 2.15. The molecule has 3 N–H and O–H groups in total. The fraction of sp³-hybridized carbons (Fsp3) is 0.500. The number of aliphatic hydroxyl groups is 1. The molecule has 13 heavy (non-hydrogen) atoms. The van der Waals surface area contributed by atoms with Crippen LogP contribution in [0.1, 0.15) is 31.1 Å². The third-order valence-electron chi connectivity index (χ3n) is 2.06. The van der Waals surface area contributed by atoms with Gasteiger partial charge in [0.25, 0.3) is 0 Å². The lowest BCUT2D eigenvalue weighted by atomic mass is 10.0. The molecule has 0 saturated carbocycles. The standard InChI is InChI=1S/C10H16N2O/c1-3-8-4-9(6-12-5-8)10(13)7(2)11/h4-7,10,13H,3,11H2,1-2H3. The van der Waals surface area contributed by atoms with E-state index in [4.69, 9.17) is 5.73 Å². The van der Waals surface area contributed by atoms with Crippen LogP contribution in [0.4, 0.5) is 0 Å². The van der Waals surface area contributed by atoms with Gasteiger partial charge in [-0.1, -0.05) is 13.0 Å². The van der Waals surface area contributed by atoms with Crippen LogP contribution in [-0.4, -0.2) is 16.1 Å². The van der Waals surface area contributed by atoms with Gasteiger partial charge in [0.05, 0.1) is 6.10 Å². The van der Waals surface area contributed by atoms with E-state index in [1.807, 2.05) is 6.07 Å². The third-order valence-corrected chi connectivity index (χ3v) is 2.06. The zero-order valence-corrected chi connectivity index (χ0v) is 8.07. The van der Waals surface area contributed by atoms with Gasteiger partial charge in [-0.2, -0.15) is 0 Å². The van der Waals surface area contributed by atoms with Crippen LogP contribution in [0.25, 0.3) is 0 Å². The second kappa shape index (κ2) is 4.35. The molecule has 0 saturated heterocycles. The van der Waals surface area contributed by atoms with E-state index in [2.05, 4.69) is 11.9 Å². The average Bonchev–Trinajstić information content (AvgIpc) is 2.16. The molecule has 72 valence electrons. The summed E-state index contributed by atoms with van der Waals surface area (Å²) >= 11 is 0. The SMILES string of the molecule is CCc1cncc(C(O)C(C)N)c1. The smallest absolute Gasteiger partial charge is 0.0953 e. The van der Waals surface area contributed by atoms with Crippen molar-refractivity contribution >= 4 is 0 Å². The van der Waals surface area contributed by atoms with E-state index in [9.17, 15) is 5.11 Å². The van der Waals surface area contributed by atoms with Gasteiger partial charge in [0, 0.05) is 24.0 Å². The molecule has 0 aliphatic rings. The van der Waals surface area contributed by atoms with Crippen molar-refractivity contribution in [3.8, 4) is 0 Å². The van der Waals surface area contributed by atoms with Gasteiger partial charge in [-0.05, 0) is 18.9 Å². The summed E-state index contributed by atoms with van der Waals surface area (Å²) in [5.74, 6) is 0. The summed E-state index contributed by atoms with van der Waals surface area (Å²) in [7, 11) is 0. The van der Waals surface area contributed by atoms with Crippen LogP contribution in [0.3, 0.4) is 0 Å². The summed E-state index contributed by atoms with van der Waals surface area (Å²) in [6.07, 6.45) is 3.77. The van der Waals surface area contributed by atoms with Gasteiger partial charge in [0.1, 0.15) is 0 Å². The number of nitrogens with zero attached hydrogens (tertiary/aromatic N) is 1. The Bertz CT molecular complexity index is 273. The number of nitrogens with two attached hydrogens (primary N) is 1. The Morgan fingerprint density at radius 2 is 2.23 bits per heavy atom. The highest BCUT2D eigenvalue weighted by molar-refractivity contribution is 5.20. The molecule has 3 heteroatoms. The van der Waals surface area contributed by atoms with Crippen molar-refractivity contribution in [1.82, 2.24) is 4.98 Å². The van der Waals surface area contributed by atoms with Crippen molar-refractivity contribution < 1.29 is 5.11 Å².